The maximum Gasteiger partial charge on any atom is 0.0693 e. The van der Waals surface area contributed by atoms with Gasteiger partial charge in [0.25, 0.3) is 0 Å². The molecular formula is C11H25NO2. The Morgan fingerprint density at radius 2 is 1.86 bits per heavy atom. The van der Waals surface area contributed by atoms with Gasteiger partial charge in [-0.1, -0.05) is 27.7 Å². The molecule has 3 heteroatoms. The van der Waals surface area contributed by atoms with E-state index in [1.807, 2.05) is 27.7 Å². The molecule has 0 heterocycles. The molecule has 0 aromatic carbocycles. The molecule has 0 bridgehead atoms. The number of aliphatic hydroxyl groups is 2. The molecule has 0 aliphatic carbocycles. The van der Waals surface area contributed by atoms with Gasteiger partial charge in [-0.3, -0.25) is 0 Å². The Morgan fingerprint density at radius 1 is 1.29 bits per heavy atom. The first-order chi connectivity index (χ1) is 6.46. The minimum atomic E-state index is -0.727. The van der Waals surface area contributed by atoms with Crippen LogP contribution in [0.15, 0.2) is 0 Å². The van der Waals surface area contributed by atoms with Gasteiger partial charge in [-0.2, -0.15) is 0 Å². The maximum atomic E-state index is 10.2. The highest BCUT2D eigenvalue weighted by molar-refractivity contribution is 4.83. The van der Waals surface area contributed by atoms with Crippen LogP contribution in [0.5, 0.6) is 0 Å². The number of hydrogen-bond acceptors (Lipinski definition) is 3. The second-order valence-corrected chi connectivity index (χ2v) is 4.28. The number of hydrogen-bond donors (Lipinski definition) is 3. The van der Waals surface area contributed by atoms with Crippen LogP contribution in [0.3, 0.4) is 0 Å². The summed E-state index contributed by atoms with van der Waals surface area (Å²) in [6.45, 7) is 9.35. The average molecular weight is 203 g/mol. The van der Waals surface area contributed by atoms with Crippen LogP contribution < -0.4 is 5.32 Å². The fourth-order valence-electron chi connectivity index (χ4n) is 1.58. The molecule has 0 aromatic rings. The van der Waals surface area contributed by atoms with E-state index in [0.717, 1.165) is 6.54 Å². The van der Waals surface area contributed by atoms with Crippen molar-refractivity contribution in [2.45, 2.75) is 52.2 Å². The summed E-state index contributed by atoms with van der Waals surface area (Å²) < 4.78 is 0. The highest BCUT2D eigenvalue weighted by Gasteiger charge is 2.31. The van der Waals surface area contributed by atoms with Gasteiger partial charge in [0.1, 0.15) is 0 Å². The van der Waals surface area contributed by atoms with Crippen LogP contribution >= 0.6 is 0 Å². The molecular weight excluding hydrogens is 178 g/mol. The smallest absolute Gasteiger partial charge is 0.0693 e. The number of likely N-dealkylation sites (N-methyl/N-ethyl adjacent to an activating group) is 1. The van der Waals surface area contributed by atoms with E-state index in [4.69, 9.17) is 0 Å². The Balaban J connectivity index is 4.03. The molecule has 0 fully saturated rings. The van der Waals surface area contributed by atoms with Gasteiger partial charge in [0.15, 0.2) is 0 Å². The molecule has 14 heavy (non-hydrogen) atoms. The zero-order valence-corrected chi connectivity index (χ0v) is 9.88. The monoisotopic (exact) mass is 203 g/mol. The summed E-state index contributed by atoms with van der Waals surface area (Å²) in [4.78, 5) is 0. The molecule has 0 saturated heterocycles. The van der Waals surface area contributed by atoms with Gasteiger partial charge in [0, 0.05) is 13.0 Å². The van der Waals surface area contributed by atoms with E-state index >= 15 is 0 Å². The van der Waals surface area contributed by atoms with E-state index in [1.165, 1.54) is 0 Å². The zero-order valence-electron chi connectivity index (χ0n) is 9.88. The van der Waals surface area contributed by atoms with Crippen LogP contribution in [0, 0.1) is 5.92 Å². The second-order valence-electron chi connectivity index (χ2n) is 4.28. The molecule has 2 unspecified atom stereocenters. The van der Waals surface area contributed by atoms with Gasteiger partial charge in [0.2, 0.25) is 0 Å². The third-order valence-electron chi connectivity index (χ3n) is 2.91. The van der Waals surface area contributed by atoms with Gasteiger partial charge < -0.3 is 15.5 Å². The minimum absolute atomic E-state index is 0.184. The summed E-state index contributed by atoms with van der Waals surface area (Å²) in [5, 5.41) is 22.9. The van der Waals surface area contributed by atoms with Gasteiger partial charge in [-0.25, -0.2) is 0 Å². The summed E-state index contributed by atoms with van der Waals surface area (Å²) in [5.74, 6) is 0.184. The maximum absolute atomic E-state index is 10.2. The molecule has 0 radical (unpaired) electrons. The standard InChI is InChI=1S/C11H25NO2/c1-5-11(14,9(3)4)7-10(13)8-12-6-2/h9-10,12-14H,5-8H2,1-4H3. The first kappa shape index (κ1) is 13.9. The van der Waals surface area contributed by atoms with Crippen LogP contribution in [0.1, 0.15) is 40.5 Å². The van der Waals surface area contributed by atoms with E-state index in [-0.39, 0.29) is 5.92 Å². The normalized spacial score (nSPS) is 18.2. The van der Waals surface area contributed by atoms with Crippen LogP contribution in [0.25, 0.3) is 0 Å². The highest BCUT2D eigenvalue weighted by atomic mass is 16.3. The molecule has 0 amide bonds. The third kappa shape index (κ3) is 4.40. The lowest BCUT2D eigenvalue weighted by Crippen LogP contribution is -2.41. The van der Waals surface area contributed by atoms with Crippen molar-refractivity contribution < 1.29 is 10.2 Å². The van der Waals surface area contributed by atoms with Crippen molar-refractivity contribution in [3.05, 3.63) is 0 Å². The summed E-state index contributed by atoms with van der Waals surface area (Å²) in [7, 11) is 0. The van der Waals surface area contributed by atoms with Gasteiger partial charge in [-0.05, 0) is 18.9 Å². The van der Waals surface area contributed by atoms with Crippen LogP contribution in [0.4, 0.5) is 0 Å². The molecule has 0 aromatic heterocycles. The van der Waals surface area contributed by atoms with Crippen molar-refractivity contribution in [1.82, 2.24) is 5.32 Å². The third-order valence-corrected chi connectivity index (χ3v) is 2.91. The molecule has 0 saturated carbocycles. The molecule has 0 aliphatic rings. The Labute approximate surface area is 87.5 Å². The molecule has 0 spiro atoms. The minimum Gasteiger partial charge on any atom is -0.392 e. The van der Waals surface area contributed by atoms with Gasteiger partial charge >= 0.3 is 0 Å². The van der Waals surface area contributed by atoms with Crippen molar-refractivity contribution >= 4 is 0 Å². The van der Waals surface area contributed by atoms with Crippen LogP contribution in [0.2, 0.25) is 0 Å². The fraction of sp³-hybridized carbons (Fsp3) is 1.00. The van der Waals surface area contributed by atoms with E-state index < -0.39 is 11.7 Å². The molecule has 0 aliphatic heterocycles. The molecule has 2 atom stereocenters. The van der Waals surface area contributed by atoms with E-state index in [1.54, 1.807) is 0 Å². The highest BCUT2D eigenvalue weighted by Crippen LogP contribution is 2.26. The Kier molecular flexibility index (Phi) is 6.33. The lowest BCUT2D eigenvalue weighted by Gasteiger charge is -2.33. The molecule has 86 valence electrons. The fourth-order valence-corrected chi connectivity index (χ4v) is 1.58. The van der Waals surface area contributed by atoms with E-state index in [2.05, 4.69) is 5.32 Å². The van der Waals surface area contributed by atoms with Crippen molar-refractivity contribution in [2.75, 3.05) is 13.1 Å². The summed E-state index contributed by atoms with van der Waals surface area (Å²) in [6, 6.07) is 0. The topological polar surface area (TPSA) is 52.5 Å². The Morgan fingerprint density at radius 3 is 2.21 bits per heavy atom. The number of nitrogens with one attached hydrogen (secondary N) is 1. The predicted octanol–water partition coefficient (Wildman–Crippen LogP) is 1.14. The van der Waals surface area contributed by atoms with E-state index in [0.29, 0.717) is 19.4 Å². The molecule has 0 rings (SSSR count). The largest absolute Gasteiger partial charge is 0.392 e. The number of rotatable bonds is 7. The lowest BCUT2D eigenvalue weighted by molar-refractivity contribution is -0.0481. The Hall–Kier alpha value is -0.120. The average Bonchev–Trinajstić information content (AvgIpc) is 2.14. The second kappa shape index (κ2) is 6.38. The van der Waals surface area contributed by atoms with E-state index in [9.17, 15) is 10.2 Å². The SMILES string of the molecule is CCNCC(O)CC(O)(CC)C(C)C. The summed E-state index contributed by atoms with van der Waals surface area (Å²) in [6.07, 6.45) is 0.685. The number of aliphatic hydroxyl groups excluding tert-OH is 1. The predicted molar refractivity (Wildman–Crippen MR) is 59.2 cm³/mol. The van der Waals surface area contributed by atoms with Crippen LogP contribution in [-0.4, -0.2) is 35.0 Å². The van der Waals surface area contributed by atoms with Crippen molar-refractivity contribution in [1.29, 1.82) is 0 Å². The lowest BCUT2D eigenvalue weighted by atomic mass is 9.83. The van der Waals surface area contributed by atoms with Crippen LogP contribution in [-0.2, 0) is 0 Å². The zero-order chi connectivity index (χ0) is 11.2. The van der Waals surface area contributed by atoms with Crippen molar-refractivity contribution in [3.8, 4) is 0 Å². The molecule has 3 nitrogen and oxygen atoms in total. The summed E-state index contributed by atoms with van der Waals surface area (Å²) in [5.41, 5.74) is -0.727. The first-order valence-electron chi connectivity index (χ1n) is 5.57. The summed E-state index contributed by atoms with van der Waals surface area (Å²) >= 11 is 0. The first-order valence-corrected chi connectivity index (χ1v) is 5.57. The van der Waals surface area contributed by atoms with Crippen molar-refractivity contribution in [3.63, 3.8) is 0 Å². The Bertz CT molecular complexity index is 150. The molecule has 3 N–H and O–H groups in total. The van der Waals surface area contributed by atoms with Gasteiger partial charge in [0.05, 0.1) is 11.7 Å². The van der Waals surface area contributed by atoms with Gasteiger partial charge in [-0.15, -0.1) is 0 Å². The quantitative estimate of drug-likeness (QED) is 0.581. The van der Waals surface area contributed by atoms with Crippen molar-refractivity contribution in [2.24, 2.45) is 5.92 Å².